The zero-order valence-electron chi connectivity index (χ0n) is 12.1. The van der Waals surface area contributed by atoms with Gasteiger partial charge in [-0.15, -0.1) is 0 Å². The smallest absolute Gasteiger partial charge is 0.305 e. The predicted octanol–water partition coefficient (Wildman–Crippen LogP) is 2.12. The number of carboxylic acids is 1. The van der Waals surface area contributed by atoms with E-state index in [0.717, 1.165) is 5.56 Å². The molecule has 0 saturated carbocycles. The van der Waals surface area contributed by atoms with E-state index in [9.17, 15) is 9.59 Å². The van der Waals surface area contributed by atoms with Gasteiger partial charge >= 0.3 is 5.97 Å². The number of hydrogen-bond acceptors (Lipinski definition) is 4. The van der Waals surface area contributed by atoms with Crippen molar-refractivity contribution < 1.29 is 14.7 Å². The first-order valence-corrected chi connectivity index (χ1v) is 6.60. The van der Waals surface area contributed by atoms with Gasteiger partial charge in [-0.05, 0) is 17.2 Å². The second kappa shape index (κ2) is 8.53. The van der Waals surface area contributed by atoms with Crippen molar-refractivity contribution in [3.05, 3.63) is 66.0 Å². The number of benzene rings is 1. The molecule has 2 rings (SSSR count). The van der Waals surface area contributed by atoms with Crippen LogP contribution < -0.4 is 11.5 Å². The molecule has 2 aromatic rings. The van der Waals surface area contributed by atoms with Crippen molar-refractivity contribution in [2.45, 2.75) is 18.9 Å². The summed E-state index contributed by atoms with van der Waals surface area (Å²) >= 11 is 0. The van der Waals surface area contributed by atoms with Crippen LogP contribution in [-0.2, 0) is 16.0 Å². The third-order valence-corrected chi connectivity index (χ3v) is 3.01. The van der Waals surface area contributed by atoms with Gasteiger partial charge in [0.15, 0.2) is 0 Å². The lowest BCUT2D eigenvalue weighted by atomic mass is 10.1. The maximum atomic E-state index is 12.1. The number of amides is 1. The molecule has 0 spiro atoms. The highest BCUT2D eigenvalue weighted by atomic mass is 16.4. The molecule has 0 saturated heterocycles. The Morgan fingerprint density at radius 2 is 1.86 bits per heavy atom. The maximum absolute atomic E-state index is 12.1. The third-order valence-electron chi connectivity index (χ3n) is 3.01. The van der Waals surface area contributed by atoms with Crippen LogP contribution in [0.4, 0.5) is 0 Å². The lowest BCUT2D eigenvalue weighted by Gasteiger charge is -2.17. The summed E-state index contributed by atoms with van der Waals surface area (Å²) in [6.07, 6.45) is 3.22. The summed E-state index contributed by atoms with van der Waals surface area (Å²) in [5, 5.41) is 11.7. The first kappa shape index (κ1) is 17.3. The van der Waals surface area contributed by atoms with Crippen LogP contribution in [0, 0.1) is 0 Å². The van der Waals surface area contributed by atoms with Gasteiger partial charge in [0.1, 0.15) is 0 Å². The van der Waals surface area contributed by atoms with Crippen molar-refractivity contribution in [1.82, 2.24) is 16.5 Å². The van der Waals surface area contributed by atoms with E-state index in [1.54, 1.807) is 24.5 Å². The summed E-state index contributed by atoms with van der Waals surface area (Å²) in [4.78, 5) is 27.0. The number of carbonyl (C=O) groups excluding carboxylic acids is 1. The Kier molecular flexibility index (Phi) is 6.72. The van der Waals surface area contributed by atoms with Crippen LogP contribution in [0.1, 0.15) is 23.6 Å². The minimum Gasteiger partial charge on any atom is -0.481 e. The van der Waals surface area contributed by atoms with E-state index in [-0.39, 0.29) is 24.9 Å². The lowest BCUT2D eigenvalue weighted by molar-refractivity contribution is -0.137. The molecule has 0 aliphatic rings. The highest BCUT2D eigenvalue weighted by Crippen LogP contribution is 2.16. The number of pyridine rings is 1. The Bertz CT molecular complexity index is 603. The van der Waals surface area contributed by atoms with Crippen molar-refractivity contribution in [2.75, 3.05) is 0 Å². The fraction of sp³-hybridized carbons (Fsp3) is 0.188. The highest BCUT2D eigenvalue weighted by molar-refractivity contribution is 5.80. The Morgan fingerprint density at radius 1 is 1.14 bits per heavy atom. The summed E-state index contributed by atoms with van der Waals surface area (Å²) in [5.74, 6) is -1.18. The number of carbonyl (C=O) groups is 2. The van der Waals surface area contributed by atoms with Crippen LogP contribution in [0.5, 0.6) is 0 Å². The molecule has 0 radical (unpaired) electrons. The summed E-state index contributed by atoms with van der Waals surface area (Å²) in [7, 11) is 0. The fourth-order valence-electron chi connectivity index (χ4n) is 2.04. The molecule has 1 aromatic carbocycles. The Morgan fingerprint density at radius 3 is 2.45 bits per heavy atom. The zero-order valence-corrected chi connectivity index (χ0v) is 12.1. The summed E-state index contributed by atoms with van der Waals surface area (Å²) < 4.78 is 0. The number of nitrogens with one attached hydrogen (secondary N) is 1. The van der Waals surface area contributed by atoms with Crippen molar-refractivity contribution in [1.29, 1.82) is 0 Å². The minimum atomic E-state index is -0.969. The van der Waals surface area contributed by atoms with E-state index in [0.29, 0.717) is 5.56 Å². The SMILES string of the molecule is N.O=C(O)C[C@H](NC(=O)Cc1ccccc1)c1cccnc1. The molecule has 0 fully saturated rings. The standard InChI is InChI=1S/C16H16N2O3.H3N/c19-15(9-12-5-2-1-3-6-12)18-14(10-16(20)21)13-7-4-8-17-11-13;/h1-8,11,14H,9-10H2,(H,18,19)(H,20,21);1H3/t14-;/m0./s1. The molecule has 1 aromatic heterocycles. The second-order valence-corrected chi connectivity index (χ2v) is 4.67. The Hall–Kier alpha value is -2.73. The first-order valence-electron chi connectivity index (χ1n) is 6.60. The van der Waals surface area contributed by atoms with Crippen molar-refractivity contribution in [3.8, 4) is 0 Å². The fourth-order valence-corrected chi connectivity index (χ4v) is 2.04. The van der Waals surface area contributed by atoms with Crippen LogP contribution >= 0.6 is 0 Å². The quantitative estimate of drug-likeness (QED) is 0.756. The van der Waals surface area contributed by atoms with Gasteiger partial charge in [-0.25, -0.2) is 0 Å². The minimum absolute atomic E-state index is 0. The summed E-state index contributed by atoms with van der Waals surface area (Å²) in [5.41, 5.74) is 1.57. The average Bonchev–Trinajstić information content (AvgIpc) is 2.48. The predicted molar refractivity (Wildman–Crippen MR) is 82.5 cm³/mol. The van der Waals surface area contributed by atoms with Gasteiger partial charge in [0, 0.05) is 12.4 Å². The van der Waals surface area contributed by atoms with Gasteiger partial charge in [-0.3, -0.25) is 14.6 Å². The Labute approximate surface area is 128 Å². The summed E-state index contributed by atoms with van der Waals surface area (Å²) in [6, 6.07) is 12.2. The zero-order chi connectivity index (χ0) is 15.1. The molecule has 22 heavy (non-hydrogen) atoms. The van der Waals surface area contributed by atoms with Gasteiger partial charge in [0.05, 0.1) is 18.9 Å². The van der Waals surface area contributed by atoms with Gasteiger partial charge in [0.25, 0.3) is 0 Å². The third kappa shape index (κ3) is 5.34. The van der Waals surface area contributed by atoms with Crippen molar-refractivity contribution >= 4 is 11.9 Å². The normalized spacial score (nSPS) is 11.1. The van der Waals surface area contributed by atoms with Gasteiger partial charge < -0.3 is 16.6 Å². The van der Waals surface area contributed by atoms with Gasteiger partial charge in [0.2, 0.25) is 5.91 Å². The number of rotatable bonds is 6. The van der Waals surface area contributed by atoms with Crippen LogP contribution in [0.3, 0.4) is 0 Å². The molecule has 0 bridgehead atoms. The Balaban J connectivity index is 0.00000242. The molecule has 0 aliphatic heterocycles. The first-order chi connectivity index (χ1) is 10.1. The van der Waals surface area contributed by atoms with E-state index in [1.165, 1.54) is 0 Å². The molecule has 1 amide bonds. The number of aliphatic carboxylic acids is 1. The van der Waals surface area contributed by atoms with Gasteiger partial charge in [-0.2, -0.15) is 0 Å². The molecule has 1 atom stereocenters. The number of carboxylic acid groups (broad SMARTS) is 1. The monoisotopic (exact) mass is 301 g/mol. The van der Waals surface area contributed by atoms with Crippen LogP contribution in [-0.4, -0.2) is 22.0 Å². The molecule has 6 heteroatoms. The second-order valence-electron chi connectivity index (χ2n) is 4.67. The van der Waals surface area contributed by atoms with E-state index < -0.39 is 12.0 Å². The molecule has 0 aliphatic carbocycles. The number of nitrogens with zero attached hydrogens (tertiary/aromatic N) is 1. The number of hydrogen-bond donors (Lipinski definition) is 3. The van der Waals surface area contributed by atoms with Crippen molar-refractivity contribution in [2.24, 2.45) is 0 Å². The summed E-state index contributed by atoms with van der Waals surface area (Å²) in [6.45, 7) is 0. The molecule has 116 valence electrons. The van der Waals surface area contributed by atoms with Crippen LogP contribution in [0.15, 0.2) is 54.9 Å². The molecular formula is C16H19N3O3. The van der Waals surface area contributed by atoms with E-state index in [4.69, 9.17) is 5.11 Å². The van der Waals surface area contributed by atoms with Crippen LogP contribution in [0.25, 0.3) is 0 Å². The van der Waals surface area contributed by atoms with E-state index >= 15 is 0 Å². The van der Waals surface area contributed by atoms with Gasteiger partial charge in [-0.1, -0.05) is 36.4 Å². The topological polar surface area (TPSA) is 114 Å². The average molecular weight is 301 g/mol. The molecule has 1 heterocycles. The highest BCUT2D eigenvalue weighted by Gasteiger charge is 2.18. The molecule has 6 nitrogen and oxygen atoms in total. The largest absolute Gasteiger partial charge is 0.481 e. The molecule has 5 N–H and O–H groups in total. The maximum Gasteiger partial charge on any atom is 0.305 e. The molecule has 0 unspecified atom stereocenters. The van der Waals surface area contributed by atoms with E-state index in [2.05, 4.69) is 10.3 Å². The number of aromatic nitrogens is 1. The van der Waals surface area contributed by atoms with Crippen molar-refractivity contribution in [3.63, 3.8) is 0 Å². The van der Waals surface area contributed by atoms with E-state index in [1.807, 2.05) is 30.3 Å². The van der Waals surface area contributed by atoms with Crippen LogP contribution in [0.2, 0.25) is 0 Å². The lowest BCUT2D eigenvalue weighted by Crippen LogP contribution is -2.31. The molecular weight excluding hydrogens is 282 g/mol.